The Morgan fingerprint density at radius 1 is 0.857 bits per heavy atom. The first kappa shape index (κ1) is 16.3. The van der Waals surface area contributed by atoms with Crippen LogP contribution in [0.5, 0.6) is 0 Å². The van der Waals surface area contributed by atoms with Gasteiger partial charge < -0.3 is 10.1 Å². The normalized spacial score (nSPS) is 11.3. The zero-order valence-electron chi connectivity index (χ0n) is 15.3. The van der Waals surface area contributed by atoms with Gasteiger partial charge in [-0.1, -0.05) is 36.4 Å². The summed E-state index contributed by atoms with van der Waals surface area (Å²) in [6, 6.07) is 21.8. The largest absolute Gasteiger partial charge is 0.384 e. The fourth-order valence-corrected chi connectivity index (χ4v) is 3.64. The van der Waals surface area contributed by atoms with Gasteiger partial charge >= 0.3 is 0 Å². The van der Waals surface area contributed by atoms with Gasteiger partial charge in [-0.25, -0.2) is 4.98 Å². The molecule has 0 atom stereocenters. The van der Waals surface area contributed by atoms with Crippen LogP contribution in [-0.2, 0) is 7.05 Å². The minimum absolute atomic E-state index is 0.0119. The van der Waals surface area contributed by atoms with Crippen LogP contribution in [0.1, 0.15) is 0 Å². The monoisotopic (exact) mass is 366 g/mol. The summed E-state index contributed by atoms with van der Waals surface area (Å²) in [6.45, 7) is 0. The van der Waals surface area contributed by atoms with Crippen molar-refractivity contribution in [2.75, 3.05) is 5.73 Å². The highest BCUT2D eigenvalue weighted by atomic mass is 16.1. The quantitative estimate of drug-likeness (QED) is 0.511. The molecule has 136 valence electrons. The molecule has 0 aliphatic heterocycles. The molecular formula is C23H18N4O. The number of hydrogen-bond donors (Lipinski definition) is 1. The van der Waals surface area contributed by atoms with E-state index in [9.17, 15) is 4.79 Å². The molecule has 0 aliphatic rings. The number of anilines is 1. The summed E-state index contributed by atoms with van der Waals surface area (Å²) in [5, 5.41) is 0.678. The van der Waals surface area contributed by atoms with Gasteiger partial charge in [-0.3, -0.25) is 9.36 Å². The van der Waals surface area contributed by atoms with E-state index >= 15 is 0 Å². The number of benzene rings is 2. The topological polar surface area (TPSA) is 65.3 Å². The summed E-state index contributed by atoms with van der Waals surface area (Å²) in [5.74, 6) is 0.485. The van der Waals surface area contributed by atoms with Crippen molar-refractivity contribution in [1.82, 2.24) is 14.0 Å². The molecule has 0 bridgehead atoms. The molecule has 28 heavy (non-hydrogen) atoms. The molecule has 2 N–H and O–H groups in total. The van der Waals surface area contributed by atoms with Crippen LogP contribution in [0, 0.1) is 0 Å². The summed E-state index contributed by atoms with van der Waals surface area (Å²) in [6.07, 6.45) is 3.83. The van der Waals surface area contributed by atoms with Crippen LogP contribution in [0.3, 0.4) is 0 Å². The second-order valence-electron chi connectivity index (χ2n) is 6.89. The zero-order chi connectivity index (χ0) is 19.3. The second kappa shape index (κ2) is 6.09. The van der Waals surface area contributed by atoms with Crippen LogP contribution in [0.25, 0.3) is 38.8 Å². The molecule has 5 heteroatoms. The lowest BCUT2D eigenvalue weighted by molar-refractivity contribution is 0.882. The molecule has 0 saturated carbocycles. The maximum absolute atomic E-state index is 12.9. The Morgan fingerprint density at radius 3 is 2.39 bits per heavy atom. The number of fused-ring (bicyclic) bond motifs is 3. The summed E-state index contributed by atoms with van der Waals surface area (Å²) >= 11 is 0. The van der Waals surface area contributed by atoms with E-state index in [-0.39, 0.29) is 5.56 Å². The lowest BCUT2D eigenvalue weighted by Gasteiger charge is -2.09. The van der Waals surface area contributed by atoms with Gasteiger partial charge in [0.05, 0.1) is 10.9 Å². The van der Waals surface area contributed by atoms with E-state index in [2.05, 4.69) is 27.7 Å². The highest BCUT2D eigenvalue weighted by molar-refractivity contribution is 5.87. The third-order valence-electron chi connectivity index (χ3n) is 5.16. The number of aromatic nitrogens is 3. The molecular weight excluding hydrogens is 348 g/mol. The van der Waals surface area contributed by atoms with Crippen molar-refractivity contribution in [2.45, 2.75) is 0 Å². The zero-order valence-corrected chi connectivity index (χ0v) is 15.3. The van der Waals surface area contributed by atoms with Crippen LogP contribution >= 0.6 is 0 Å². The van der Waals surface area contributed by atoms with Crippen LogP contribution in [0.15, 0.2) is 83.9 Å². The Balaban J connectivity index is 1.81. The van der Waals surface area contributed by atoms with Crippen molar-refractivity contribution in [2.24, 2.45) is 7.05 Å². The first-order chi connectivity index (χ1) is 13.6. The average Bonchev–Trinajstić information content (AvgIpc) is 3.19. The summed E-state index contributed by atoms with van der Waals surface area (Å²) in [7, 11) is 1.81. The molecule has 3 aromatic heterocycles. The molecule has 0 amide bonds. The molecule has 0 radical (unpaired) electrons. The summed E-state index contributed by atoms with van der Waals surface area (Å²) in [5.41, 5.74) is 11.6. The Morgan fingerprint density at radius 2 is 1.64 bits per heavy atom. The van der Waals surface area contributed by atoms with E-state index < -0.39 is 0 Å². The van der Waals surface area contributed by atoms with Gasteiger partial charge in [0.25, 0.3) is 5.56 Å². The lowest BCUT2D eigenvalue weighted by atomic mass is 10.1. The average molecular weight is 366 g/mol. The molecule has 0 aliphatic carbocycles. The van der Waals surface area contributed by atoms with Crippen molar-refractivity contribution >= 4 is 22.4 Å². The number of nitrogens with zero attached hydrogens (tertiary/aromatic N) is 3. The van der Waals surface area contributed by atoms with Crippen LogP contribution < -0.4 is 11.3 Å². The highest BCUT2D eigenvalue weighted by Crippen LogP contribution is 2.27. The van der Waals surface area contributed by atoms with Gasteiger partial charge in [-0.2, -0.15) is 0 Å². The van der Waals surface area contributed by atoms with Crippen LogP contribution in [0.4, 0.5) is 5.82 Å². The number of nitrogen functional groups attached to an aromatic ring is 1. The van der Waals surface area contributed by atoms with Gasteiger partial charge in [-0.15, -0.1) is 0 Å². The predicted molar refractivity (Wildman–Crippen MR) is 113 cm³/mol. The van der Waals surface area contributed by atoms with E-state index in [4.69, 9.17) is 5.73 Å². The van der Waals surface area contributed by atoms with E-state index in [0.29, 0.717) is 11.2 Å². The minimum atomic E-state index is -0.0119. The third kappa shape index (κ3) is 2.48. The Kier molecular flexibility index (Phi) is 3.55. The van der Waals surface area contributed by atoms with Crippen molar-refractivity contribution in [3.05, 3.63) is 89.5 Å². The molecule has 2 aromatic carbocycles. The molecule has 3 heterocycles. The lowest BCUT2D eigenvalue weighted by Crippen LogP contribution is -2.19. The fourth-order valence-electron chi connectivity index (χ4n) is 3.64. The van der Waals surface area contributed by atoms with E-state index in [1.54, 1.807) is 16.8 Å². The SMILES string of the molecule is Cn1c(=O)c2ccc(-c3ccc(N)nc3)cc2n2cc(-c3ccccc3)cc12. The van der Waals surface area contributed by atoms with E-state index in [1.807, 2.05) is 55.6 Å². The fraction of sp³-hybridized carbons (Fsp3) is 0.0435. The van der Waals surface area contributed by atoms with Gasteiger partial charge in [0.2, 0.25) is 0 Å². The molecule has 5 aromatic rings. The number of rotatable bonds is 2. The van der Waals surface area contributed by atoms with Gasteiger partial charge in [0.1, 0.15) is 11.5 Å². The maximum atomic E-state index is 12.9. The number of aryl methyl sites for hydroxylation is 1. The maximum Gasteiger partial charge on any atom is 0.261 e. The smallest absolute Gasteiger partial charge is 0.261 e. The number of pyridine rings is 1. The van der Waals surface area contributed by atoms with Crippen LogP contribution in [0.2, 0.25) is 0 Å². The van der Waals surface area contributed by atoms with Crippen molar-refractivity contribution in [3.8, 4) is 22.3 Å². The summed E-state index contributed by atoms with van der Waals surface area (Å²) < 4.78 is 3.77. The molecule has 0 fully saturated rings. The minimum Gasteiger partial charge on any atom is -0.384 e. The second-order valence-corrected chi connectivity index (χ2v) is 6.89. The van der Waals surface area contributed by atoms with Crippen molar-refractivity contribution < 1.29 is 0 Å². The molecule has 0 spiro atoms. The standard InChI is InChI=1S/C23H18N4O/c1-26-22-12-18(15-5-3-2-4-6-15)14-27(22)20-11-16(7-9-19(20)23(26)28)17-8-10-21(24)25-13-17/h2-14H,1H3,(H2,24,25). The van der Waals surface area contributed by atoms with Crippen molar-refractivity contribution in [3.63, 3.8) is 0 Å². The molecule has 0 saturated heterocycles. The number of hydrogen-bond acceptors (Lipinski definition) is 3. The Bertz CT molecular complexity index is 1380. The molecule has 0 unspecified atom stereocenters. The Hall–Kier alpha value is -3.86. The predicted octanol–water partition coefficient (Wildman–Crippen LogP) is 4.10. The van der Waals surface area contributed by atoms with E-state index in [1.165, 1.54) is 0 Å². The first-order valence-corrected chi connectivity index (χ1v) is 9.04. The third-order valence-corrected chi connectivity index (χ3v) is 5.16. The number of nitrogens with two attached hydrogens (primary N) is 1. The highest BCUT2D eigenvalue weighted by Gasteiger charge is 2.12. The molecule has 5 nitrogen and oxygen atoms in total. The van der Waals surface area contributed by atoms with Crippen LogP contribution in [-0.4, -0.2) is 14.0 Å². The first-order valence-electron chi connectivity index (χ1n) is 9.04. The van der Waals surface area contributed by atoms with E-state index in [0.717, 1.165) is 33.4 Å². The van der Waals surface area contributed by atoms with Gasteiger partial charge in [0.15, 0.2) is 0 Å². The van der Waals surface area contributed by atoms with Gasteiger partial charge in [-0.05, 0) is 41.5 Å². The Labute approximate surface area is 161 Å². The van der Waals surface area contributed by atoms with Gasteiger partial charge in [0, 0.05) is 30.6 Å². The summed E-state index contributed by atoms with van der Waals surface area (Å²) in [4.78, 5) is 17.1. The molecule has 5 rings (SSSR count). The van der Waals surface area contributed by atoms with Crippen molar-refractivity contribution in [1.29, 1.82) is 0 Å².